The lowest BCUT2D eigenvalue weighted by atomic mass is 10.0. The quantitative estimate of drug-likeness (QED) is 0.789. The highest BCUT2D eigenvalue weighted by Crippen LogP contribution is 2.18. The number of hydrogen-bond donors (Lipinski definition) is 2. The summed E-state index contributed by atoms with van der Waals surface area (Å²) in [5.41, 5.74) is -1.38. The number of aliphatic hydroxyl groups is 1. The lowest BCUT2D eigenvalue weighted by Gasteiger charge is -2.23. The smallest absolute Gasteiger partial charge is 0.246 e. The summed E-state index contributed by atoms with van der Waals surface area (Å²) in [6.45, 7) is 1.24. The first kappa shape index (κ1) is 17.0. The normalized spacial score (nSPS) is 15.1. The van der Waals surface area contributed by atoms with Crippen molar-refractivity contribution in [1.29, 1.82) is 0 Å². The van der Waals surface area contributed by atoms with Crippen molar-refractivity contribution in [2.24, 2.45) is 0 Å². The number of sulfonamides is 1. The molecule has 1 unspecified atom stereocenters. The van der Waals surface area contributed by atoms with Crippen LogP contribution >= 0.6 is 0 Å². The largest absolute Gasteiger partial charge is 0.389 e. The molecule has 20 heavy (non-hydrogen) atoms. The van der Waals surface area contributed by atoms with E-state index in [1.165, 1.54) is 14.0 Å². The molecular formula is C12H17F2NO4S. The van der Waals surface area contributed by atoms with Gasteiger partial charge in [0.05, 0.1) is 5.60 Å². The maximum absolute atomic E-state index is 13.4. The molecule has 0 aliphatic carbocycles. The van der Waals surface area contributed by atoms with Gasteiger partial charge >= 0.3 is 0 Å². The summed E-state index contributed by atoms with van der Waals surface area (Å²) in [5.74, 6) is -2.37. The molecule has 0 heterocycles. The molecule has 114 valence electrons. The van der Waals surface area contributed by atoms with Crippen LogP contribution in [0.15, 0.2) is 23.1 Å². The van der Waals surface area contributed by atoms with E-state index in [0.717, 1.165) is 18.2 Å². The first-order valence-electron chi connectivity index (χ1n) is 5.84. The van der Waals surface area contributed by atoms with Crippen molar-refractivity contribution in [3.63, 3.8) is 0 Å². The average Bonchev–Trinajstić information content (AvgIpc) is 2.34. The van der Waals surface area contributed by atoms with E-state index in [9.17, 15) is 22.3 Å². The number of benzene rings is 1. The van der Waals surface area contributed by atoms with Crippen LogP contribution in [0.1, 0.15) is 13.3 Å². The van der Waals surface area contributed by atoms with Gasteiger partial charge in [-0.05, 0) is 19.1 Å². The van der Waals surface area contributed by atoms with Crippen LogP contribution in [0.4, 0.5) is 8.78 Å². The Morgan fingerprint density at radius 1 is 1.35 bits per heavy atom. The van der Waals surface area contributed by atoms with Crippen LogP contribution < -0.4 is 4.72 Å². The van der Waals surface area contributed by atoms with Crippen LogP contribution in [-0.2, 0) is 14.8 Å². The van der Waals surface area contributed by atoms with Crippen molar-refractivity contribution < 1.29 is 27.0 Å². The number of ether oxygens (including phenoxy) is 1. The lowest BCUT2D eigenvalue weighted by molar-refractivity contribution is 0.0291. The summed E-state index contributed by atoms with van der Waals surface area (Å²) in [6.07, 6.45) is 0.172. The second-order valence-corrected chi connectivity index (χ2v) is 6.32. The molecule has 0 amide bonds. The van der Waals surface area contributed by atoms with E-state index in [4.69, 9.17) is 4.74 Å². The highest BCUT2D eigenvalue weighted by molar-refractivity contribution is 7.89. The van der Waals surface area contributed by atoms with E-state index >= 15 is 0 Å². The van der Waals surface area contributed by atoms with Crippen molar-refractivity contribution in [1.82, 2.24) is 4.72 Å². The minimum atomic E-state index is -4.38. The van der Waals surface area contributed by atoms with Crippen LogP contribution in [0.5, 0.6) is 0 Å². The molecule has 1 aromatic rings. The van der Waals surface area contributed by atoms with Crippen LogP contribution in [0.2, 0.25) is 0 Å². The van der Waals surface area contributed by atoms with E-state index in [1.807, 2.05) is 4.72 Å². The average molecular weight is 309 g/mol. The Labute approximate surface area is 116 Å². The maximum Gasteiger partial charge on any atom is 0.246 e. The van der Waals surface area contributed by atoms with Crippen molar-refractivity contribution >= 4 is 10.0 Å². The molecule has 0 radical (unpaired) electrons. The summed E-state index contributed by atoms with van der Waals surface area (Å²) in [5, 5.41) is 9.90. The van der Waals surface area contributed by atoms with E-state index in [2.05, 4.69) is 0 Å². The predicted molar refractivity (Wildman–Crippen MR) is 68.7 cm³/mol. The molecule has 0 saturated carbocycles. The number of nitrogens with one attached hydrogen (secondary N) is 1. The van der Waals surface area contributed by atoms with Gasteiger partial charge in [-0.3, -0.25) is 0 Å². The van der Waals surface area contributed by atoms with Gasteiger partial charge in [0.15, 0.2) is 4.90 Å². The van der Waals surface area contributed by atoms with E-state index in [1.54, 1.807) is 0 Å². The van der Waals surface area contributed by atoms with Gasteiger partial charge in [0.2, 0.25) is 10.0 Å². The Bertz CT molecular complexity index is 540. The molecular weight excluding hydrogens is 292 g/mol. The monoisotopic (exact) mass is 309 g/mol. The maximum atomic E-state index is 13.4. The molecule has 5 nitrogen and oxygen atoms in total. The van der Waals surface area contributed by atoms with Crippen molar-refractivity contribution in [2.75, 3.05) is 20.3 Å². The fraction of sp³-hybridized carbons (Fsp3) is 0.500. The summed E-state index contributed by atoms with van der Waals surface area (Å²) in [6, 6.07) is 2.76. The van der Waals surface area contributed by atoms with Gasteiger partial charge < -0.3 is 9.84 Å². The van der Waals surface area contributed by atoms with Crippen LogP contribution in [0, 0.1) is 11.6 Å². The van der Waals surface area contributed by atoms with Crippen molar-refractivity contribution in [3.05, 3.63) is 29.8 Å². The Balaban J connectivity index is 2.86. The van der Waals surface area contributed by atoms with Gasteiger partial charge in [0.1, 0.15) is 11.6 Å². The third kappa shape index (κ3) is 4.48. The van der Waals surface area contributed by atoms with E-state index < -0.39 is 32.2 Å². The molecule has 1 rings (SSSR count). The van der Waals surface area contributed by atoms with Crippen LogP contribution in [0.25, 0.3) is 0 Å². The van der Waals surface area contributed by atoms with E-state index in [-0.39, 0.29) is 19.6 Å². The molecule has 0 fully saturated rings. The topological polar surface area (TPSA) is 75.6 Å². The predicted octanol–water partition coefficient (Wildman–Crippen LogP) is 1.03. The molecule has 8 heteroatoms. The highest BCUT2D eigenvalue weighted by atomic mass is 32.2. The van der Waals surface area contributed by atoms with Gasteiger partial charge in [-0.2, -0.15) is 0 Å². The molecule has 0 aliphatic heterocycles. The van der Waals surface area contributed by atoms with Gasteiger partial charge in [0, 0.05) is 26.7 Å². The first-order valence-corrected chi connectivity index (χ1v) is 7.33. The molecule has 0 saturated heterocycles. The number of methoxy groups -OCH3 is 1. The summed E-state index contributed by atoms with van der Waals surface area (Å²) in [4.78, 5) is -1.05. The van der Waals surface area contributed by atoms with Gasteiger partial charge in [-0.25, -0.2) is 21.9 Å². The zero-order valence-corrected chi connectivity index (χ0v) is 12.0. The lowest BCUT2D eigenvalue weighted by Crippen LogP contribution is -2.41. The van der Waals surface area contributed by atoms with Gasteiger partial charge in [-0.1, -0.05) is 6.07 Å². The molecule has 0 aliphatic rings. The molecule has 0 bridgehead atoms. The Morgan fingerprint density at radius 2 is 1.90 bits per heavy atom. The van der Waals surface area contributed by atoms with Crippen LogP contribution in [-0.4, -0.2) is 39.4 Å². The van der Waals surface area contributed by atoms with Gasteiger partial charge in [-0.15, -0.1) is 0 Å². The first-order chi connectivity index (χ1) is 9.19. The molecule has 1 aromatic carbocycles. The molecule has 0 aromatic heterocycles. The zero-order valence-electron chi connectivity index (χ0n) is 11.2. The Morgan fingerprint density at radius 3 is 2.40 bits per heavy atom. The minimum Gasteiger partial charge on any atom is -0.389 e. The van der Waals surface area contributed by atoms with Crippen LogP contribution in [0.3, 0.4) is 0 Å². The summed E-state index contributed by atoms with van der Waals surface area (Å²) < 4.78 is 57.3. The second-order valence-electron chi connectivity index (χ2n) is 4.62. The Hall–Kier alpha value is -1.09. The standard InChI is InChI=1S/C12H17F2NO4S/c1-12(16,6-7-19-2)8-15-20(17,18)11-9(13)4-3-5-10(11)14/h3-5,15-16H,6-8H2,1-2H3. The summed E-state index contributed by atoms with van der Waals surface area (Å²) >= 11 is 0. The second kappa shape index (κ2) is 6.57. The fourth-order valence-corrected chi connectivity index (χ4v) is 2.77. The third-order valence-corrected chi connectivity index (χ3v) is 4.13. The minimum absolute atomic E-state index is 0.172. The SMILES string of the molecule is COCCC(C)(O)CNS(=O)(=O)c1c(F)cccc1F. The molecule has 1 atom stereocenters. The number of rotatable bonds is 7. The van der Waals surface area contributed by atoms with Crippen molar-refractivity contribution in [2.45, 2.75) is 23.8 Å². The number of hydrogen-bond acceptors (Lipinski definition) is 4. The Kier molecular flexibility index (Phi) is 5.58. The zero-order chi connectivity index (χ0) is 15.4. The summed E-state index contributed by atoms with van der Waals surface area (Å²) in [7, 11) is -2.94. The molecule has 0 spiro atoms. The third-order valence-electron chi connectivity index (χ3n) is 2.68. The van der Waals surface area contributed by atoms with Crippen molar-refractivity contribution in [3.8, 4) is 0 Å². The van der Waals surface area contributed by atoms with E-state index in [0.29, 0.717) is 0 Å². The van der Waals surface area contributed by atoms with Gasteiger partial charge in [0.25, 0.3) is 0 Å². The fourth-order valence-electron chi connectivity index (χ4n) is 1.47. The molecule has 2 N–H and O–H groups in total. The highest BCUT2D eigenvalue weighted by Gasteiger charge is 2.27. The number of halogens is 2.